The van der Waals surface area contributed by atoms with E-state index in [1.165, 1.54) is 12.1 Å². The Morgan fingerprint density at radius 1 is 1.50 bits per heavy atom. The van der Waals surface area contributed by atoms with Crippen LogP contribution < -0.4 is 5.32 Å². The highest BCUT2D eigenvalue weighted by Crippen LogP contribution is 2.22. The van der Waals surface area contributed by atoms with Gasteiger partial charge >= 0.3 is 0 Å². The number of aliphatic hydroxyl groups excluding tert-OH is 1. The average Bonchev–Trinajstić information content (AvgIpc) is 2.33. The predicted molar refractivity (Wildman–Crippen MR) is 63.6 cm³/mol. The minimum atomic E-state index is -0.859. The number of nitrogens with one attached hydrogen (secondary N) is 1. The topological polar surface area (TPSA) is 44.6 Å². The van der Waals surface area contributed by atoms with Crippen LogP contribution in [0.15, 0.2) is 39.9 Å². The Balaban J connectivity index is 2.23. The molecule has 0 aliphatic carbocycles. The summed E-state index contributed by atoms with van der Waals surface area (Å²) in [7, 11) is 0. The number of nitrogens with zero attached hydrogens (tertiary/aromatic N) is 1. The van der Waals surface area contributed by atoms with Crippen molar-refractivity contribution in [3.63, 3.8) is 0 Å². The van der Waals surface area contributed by atoms with E-state index in [1.54, 1.807) is 12.3 Å². The Kier molecular flexibility index (Phi) is 3.36. The van der Waals surface area contributed by atoms with Gasteiger partial charge in [0.15, 0.2) is 0 Å². The molecule has 0 bridgehead atoms. The lowest BCUT2D eigenvalue weighted by atomic mass is 10.1. The van der Waals surface area contributed by atoms with Crippen LogP contribution in [0.3, 0.4) is 0 Å². The summed E-state index contributed by atoms with van der Waals surface area (Å²) in [5.74, 6) is 0.121. The van der Waals surface area contributed by atoms with E-state index in [4.69, 9.17) is 0 Å². The molecule has 0 spiro atoms. The lowest BCUT2D eigenvalue weighted by molar-refractivity contribution is 0.243. The summed E-state index contributed by atoms with van der Waals surface area (Å²) < 4.78 is 13.3. The van der Waals surface area contributed by atoms with Crippen molar-refractivity contribution in [2.75, 3.05) is 6.54 Å². The summed E-state index contributed by atoms with van der Waals surface area (Å²) in [6.07, 6.45) is 2.71. The van der Waals surface area contributed by atoms with E-state index in [1.807, 2.05) is 6.08 Å². The number of amidine groups is 1. The van der Waals surface area contributed by atoms with Crippen molar-refractivity contribution in [3.8, 4) is 0 Å². The molecule has 0 amide bonds. The molecule has 2 N–H and O–H groups in total. The summed E-state index contributed by atoms with van der Waals surface area (Å²) in [5, 5.41) is 12.9. The van der Waals surface area contributed by atoms with Crippen LogP contribution in [0.25, 0.3) is 0 Å². The van der Waals surface area contributed by atoms with Crippen LogP contribution in [0.4, 0.5) is 4.39 Å². The first-order chi connectivity index (χ1) is 7.68. The Labute approximate surface area is 101 Å². The van der Waals surface area contributed by atoms with E-state index >= 15 is 0 Å². The lowest BCUT2D eigenvalue weighted by Crippen LogP contribution is -2.27. The van der Waals surface area contributed by atoms with Crippen molar-refractivity contribution in [3.05, 3.63) is 46.3 Å². The first-order valence-electron chi connectivity index (χ1n) is 4.77. The number of aliphatic imine (C=N–C) groups is 1. The summed E-state index contributed by atoms with van der Waals surface area (Å²) in [6, 6.07) is 4.39. The summed E-state index contributed by atoms with van der Waals surface area (Å²) in [5.41, 5.74) is 0.592. The van der Waals surface area contributed by atoms with Crippen LogP contribution in [-0.4, -0.2) is 17.5 Å². The Hall–Kier alpha value is -1.20. The Bertz CT molecular complexity index is 459. The first-order valence-corrected chi connectivity index (χ1v) is 5.56. The Morgan fingerprint density at radius 3 is 2.94 bits per heavy atom. The SMILES string of the molecule is OC(C1=NCC=CN1)c1ccc(F)c(Br)c1. The van der Waals surface area contributed by atoms with Crippen molar-refractivity contribution >= 4 is 21.8 Å². The van der Waals surface area contributed by atoms with Crippen molar-refractivity contribution < 1.29 is 9.50 Å². The molecule has 1 aliphatic rings. The minimum absolute atomic E-state index is 0.330. The average molecular weight is 285 g/mol. The third kappa shape index (κ3) is 2.31. The fourth-order valence-electron chi connectivity index (χ4n) is 1.40. The lowest BCUT2D eigenvalue weighted by Gasteiger charge is -2.16. The standard InChI is InChI=1S/C11H10BrFN2O/c12-8-6-7(2-3-9(8)13)10(16)11-14-4-1-5-15-11/h1-4,6,10,16H,5H2,(H,14,15). The molecule has 16 heavy (non-hydrogen) atoms. The minimum Gasteiger partial charge on any atom is -0.380 e. The highest BCUT2D eigenvalue weighted by atomic mass is 79.9. The second-order valence-electron chi connectivity index (χ2n) is 3.35. The fraction of sp³-hybridized carbons (Fsp3) is 0.182. The molecule has 1 aromatic rings. The van der Waals surface area contributed by atoms with Gasteiger partial charge in [-0.25, -0.2) is 4.39 Å². The van der Waals surface area contributed by atoms with Gasteiger partial charge in [0.05, 0.1) is 11.0 Å². The maximum Gasteiger partial charge on any atom is 0.137 e. The number of benzene rings is 1. The Morgan fingerprint density at radius 2 is 2.31 bits per heavy atom. The molecule has 1 aromatic carbocycles. The van der Waals surface area contributed by atoms with E-state index in [0.717, 1.165) is 0 Å². The molecule has 84 valence electrons. The van der Waals surface area contributed by atoms with Crippen molar-refractivity contribution in [1.82, 2.24) is 5.32 Å². The third-order valence-electron chi connectivity index (χ3n) is 2.23. The van der Waals surface area contributed by atoms with Crippen LogP contribution in [0.2, 0.25) is 0 Å². The van der Waals surface area contributed by atoms with Crippen LogP contribution in [0, 0.1) is 5.82 Å². The van der Waals surface area contributed by atoms with Gasteiger partial charge in [0, 0.05) is 6.20 Å². The summed E-state index contributed by atoms with van der Waals surface area (Å²) in [4.78, 5) is 4.12. The van der Waals surface area contributed by atoms with Gasteiger partial charge in [-0.15, -0.1) is 0 Å². The van der Waals surface area contributed by atoms with Gasteiger partial charge in [0.25, 0.3) is 0 Å². The molecular weight excluding hydrogens is 275 g/mol. The largest absolute Gasteiger partial charge is 0.380 e. The molecule has 0 saturated heterocycles. The highest BCUT2D eigenvalue weighted by Gasteiger charge is 2.16. The zero-order chi connectivity index (χ0) is 11.5. The quantitative estimate of drug-likeness (QED) is 0.874. The van der Waals surface area contributed by atoms with E-state index in [2.05, 4.69) is 26.2 Å². The fourth-order valence-corrected chi connectivity index (χ4v) is 1.80. The predicted octanol–water partition coefficient (Wildman–Crippen LogP) is 2.14. The van der Waals surface area contributed by atoms with E-state index < -0.39 is 6.10 Å². The molecule has 3 nitrogen and oxygen atoms in total. The maximum absolute atomic E-state index is 13.0. The molecule has 0 saturated carbocycles. The van der Waals surface area contributed by atoms with E-state index in [9.17, 15) is 9.50 Å². The molecule has 1 unspecified atom stereocenters. The van der Waals surface area contributed by atoms with Crippen molar-refractivity contribution in [2.24, 2.45) is 4.99 Å². The van der Waals surface area contributed by atoms with Gasteiger partial charge in [-0.2, -0.15) is 0 Å². The van der Waals surface area contributed by atoms with Gasteiger partial charge in [0.2, 0.25) is 0 Å². The van der Waals surface area contributed by atoms with Gasteiger partial charge in [0.1, 0.15) is 17.8 Å². The number of rotatable bonds is 2. The number of hydrogen-bond donors (Lipinski definition) is 2. The van der Waals surface area contributed by atoms with Gasteiger partial charge in [-0.1, -0.05) is 6.07 Å². The first kappa shape index (κ1) is 11.3. The smallest absolute Gasteiger partial charge is 0.137 e. The van der Waals surface area contributed by atoms with Crippen molar-refractivity contribution in [1.29, 1.82) is 0 Å². The van der Waals surface area contributed by atoms with Gasteiger partial charge in [-0.05, 0) is 39.7 Å². The molecule has 0 radical (unpaired) electrons. The summed E-state index contributed by atoms with van der Waals surface area (Å²) >= 11 is 3.08. The number of aliphatic hydroxyl groups is 1. The van der Waals surface area contributed by atoms with Gasteiger partial charge < -0.3 is 10.4 Å². The molecular formula is C11H10BrFN2O. The molecule has 1 aliphatic heterocycles. The number of halogens is 2. The molecule has 1 atom stereocenters. The normalized spacial score (nSPS) is 16.6. The van der Waals surface area contributed by atoms with E-state index in [-0.39, 0.29) is 5.82 Å². The van der Waals surface area contributed by atoms with Crippen LogP contribution >= 0.6 is 15.9 Å². The second kappa shape index (κ2) is 4.76. The molecule has 2 rings (SSSR count). The van der Waals surface area contributed by atoms with Crippen LogP contribution in [-0.2, 0) is 0 Å². The summed E-state index contributed by atoms with van der Waals surface area (Å²) in [6.45, 7) is 0.543. The number of hydrogen-bond acceptors (Lipinski definition) is 3. The monoisotopic (exact) mass is 284 g/mol. The zero-order valence-electron chi connectivity index (χ0n) is 8.32. The molecule has 5 heteroatoms. The molecule has 1 heterocycles. The zero-order valence-corrected chi connectivity index (χ0v) is 9.91. The van der Waals surface area contributed by atoms with Crippen LogP contribution in [0.1, 0.15) is 11.7 Å². The van der Waals surface area contributed by atoms with Crippen molar-refractivity contribution in [2.45, 2.75) is 6.10 Å². The van der Waals surface area contributed by atoms with Gasteiger partial charge in [-0.3, -0.25) is 4.99 Å². The third-order valence-corrected chi connectivity index (χ3v) is 2.84. The molecule has 0 fully saturated rings. The highest BCUT2D eigenvalue weighted by molar-refractivity contribution is 9.10. The van der Waals surface area contributed by atoms with Crippen LogP contribution in [0.5, 0.6) is 0 Å². The second-order valence-corrected chi connectivity index (χ2v) is 4.20. The maximum atomic E-state index is 13.0. The van der Waals surface area contributed by atoms with E-state index in [0.29, 0.717) is 22.4 Å². The molecule has 0 aromatic heterocycles.